The van der Waals surface area contributed by atoms with Crippen molar-refractivity contribution in [3.63, 3.8) is 0 Å². The van der Waals surface area contributed by atoms with Crippen LogP contribution in [0.25, 0.3) is 28.8 Å². The fourth-order valence-electron chi connectivity index (χ4n) is 3.40. The Morgan fingerprint density at radius 2 is 1.71 bits per heavy atom. The number of ketones is 2. The van der Waals surface area contributed by atoms with Gasteiger partial charge in [-0.1, -0.05) is 18.5 Å². The molecule has 0 radical (unpaired) electrons. The summed E-state index contributed by atoms with van der Waals surface area (Å²) in [6, 6.07) is 10.2. The summed E-state index contributed by atoms with van der Waals surface area (Å²) < 4.78 is 16.7. The molecule has 1 aliphatic rings. The predicted molar refractivity (Wildman–Crippen MR) is 104 cm³/mol. The van der Waals surface area contributed by atoms with Crippen molar-refractivity contribution in [3.05, 3.63) is 75.7 Å². The normalized spacial score (nSPS) is 15.1. The highest BCUT2D eigenvalue weighted by Gasteiger charge is 2.34. The number of fused-ring (bicyclic) bond motifs is 2. The van der Waals surface area contributed by atoms with Crippen LogP contribution in [0.15, 0.2) is 61.5 Å². The summed E-state index contributed by atoms with van der Waals surface area (Å²) in [7, 11) is 0. The minimum absolute atomic E-state index is 0.0574. The first kappa shape index (κ1) is 16.8. The van der Waals surface area contributed by atoms with Gasteiger partial charge < -0.3 is 13.3 Å². The molecule has 1 aliphatic carbocycles. The maximum absolute atomic E-state index is 12.7. The molecule has 0 amide bonds. The van der Waals surface area contributed by atoms with Crippen LogP contribution in [0.3, 0.4) is 0 Å². The first-order chi connectivity index (χ1) is 13.5. The maximum Gasteiger partial charge on any atom is 0.197 e. The Hall–Kier alpha value is -3.31. The number of allylic oxidation sites excluding steroid dienone is 1. The number of furan rings is 3. The summed E-state index contributed by atoms with van der Waals surface area (Å²) in [6.07, 6.45) is 3.69. The SMILES string of the molecule is CCc1cc2c(cc1Cl)C(=O)/C(=C/c1cc3oc(-c4ccco4)cc3o1)C2=O. The van der Waals surface area contributed by atoms with Crippen molar-refractivity contribution in [2.45, 2.75) is 13.3 Å². The van der Waals surface area contributed by atoms with Gasteiger partial charge in [0.1, 0.15) is 5.76 Å². The molecule has 3 heterocycles. The van der Waals surface area contributed by atoms with Crippen molar-refractivity contribution in [1.82, 2.24) is 0 Å². The first-order valence-electron chi connectivity index (χ1n) is 8.76. The van der Waals surface area contributed by atoms with Crippen molar-refractivity contribution in [2.24, 2.45) is 0 Å². The average molecular weight is 393 g/mol. The molecule has 0 saturated carbocycles. The van der Waals surface area contributed by atoms with Gasteiger partial charge in [0, 0.05) is 28.3 Å². The Morgan fingerprint density at radius 1 is 0.964 bits per heavy atom. The van der Waals surface area contributed by atoms with Crippen molar-refractivity contribution < 1.29 is 22.8 Å². The standard InChI is InChI=1S/C22H13ClO5/c1-2-11-6-13-14(9-16(11)23)22(25)15(21(13)24)7-12-8-18-20(27-12)10-19(28-18)17-4-3-5-26-17/h3-10H,2H2,1H3/b15-7+. The zero-order valence-electron chi connectivity index (χ0n) is 14.7. The second kappa shape index (κ2) is 6.11. The van der Waals surface area contributed by atoms with Gasteiger partial charge in [0.2, 0.25) is 0 Å². The molecular weight excluding hydrogens is 380 g/mol. The van der Waals surface area contributed by atoms with Gasteiger partial charge in [0.05, 0.1) is 11.8 Å². The predicted octanol–water partition coefficient (Wildman–Crippen LogP) is 5.96. The largest absolute Gasteiger partial charge is 0.461 e. The molecule has 0 saturated heterocycles. The first-order valence-corrected chi connectivity index (χ1v) is 9.13. The van der Waals surface area contributed by atoms with E-state index in [0.717, 1.165) is 5.56 Å². The fraction of sp³-hybridized carbons (Fsp3) is 0.0909. The van der Waals surface area contributed by atoms with E-state index < -0.39 is 0 Å². The van der Waals surface area contributed by atoms with Gasteiger partial charge in [-0.15, -0.1) is 0 Å². The minimum Gasteiger partial charge on any atom is -0.461 e. The van der Waals surface area contributed by atoms with Gasteiger partial charge in [-0.3, -0.25) is 9.59 Å². The van der Waals surface area contributed by atoms with Gasteiger partial charge in [0.25, 0.3) is 0 Å². The van der Waals surface area contributed by atoms with E-state index in [0.29, 0.717) is 51.0 Å². The van der Waals surface area contributed by atoms with E-state index in [9.17, 15) is 9.59 Å². The van der Waals surface area contributed by atoms with Gasteiger partial charge in [0.15, 0.2) is 34.3 Å². The molecule has 1 aromatic carbocycles. The van der Waals surface area contributed by atoms with Crippen molar-refractivity contribution in [1.29, 1.82) is 0 Å². The lowest BCUT2D eigenvalue weighted by atomic mass is 10.0. The molecule has 0 fully saturated rings. The number of halogens is 1. The highest BCUT2D eigenvalue weighted by molar-refractivity contribution is 6.42. The molecule has 5 rings (SSSR count). The van der Waals surface area contributed by atoms with E-state index in [1.807, 2.05) is 6.92 Å². The number of carbonyl (C=O) groups is 2. The van der Waals surface area contributed by atoms with Crippen LogP contribution in [-0.4, -0.2) is 11.6 Å². The summed E-state index contributed by atoms with van der Waals surface area (Å²) in [5.74, 6) is 0.821. The molecule has 0 bridgehead atoms. The van der Waals surface area contributed by atoms with Crippen molar-refractivity contribution in [2.75, 3.05) is 0 Å². The Balaban J connectivity index is 1.53. The van der Waals surface area contributed by atoms with Crippen LogP contribution >= 0.6 is 11.6 Å². The van der Waals surface area contributed by atoms with E-state index in [1.54, 1.807) is 42.7 Å². The third-order valence-electron chi connectivity index (χ3n) is 4.82. The maximum atomic E-state index is 12.7. The quantitative estimate of drug-likeness (QED) is 0.317. The summed E-state index contributed by atoms with van der Waals surface area (Å²) >= 11 is 6.20. The number of carbonyl (C=O) groups excluding carboxylic acids is 2. The third-order valence-corrected chi connectivity index (χ3v) is 5.17. The van der Waals surface area contributed by atoms with E-state index in [-0.39, 0.29) is 17.1 Å². The van der Waals surface area contributed by atoms with Gasteiger partial charge >= 0.3 is 0 Å². The van der Waals surface area contributed by atoms with E-state index >= 15 is 0 Å². The van der Waals surface area contributed by atoms with Crippen molar-refractivity contribution >= 4 is 40.4 Å². The lowest BCUT2D eigenvalue weighted by molar-refractivity contribution is 0.0990. The zero-order chi connectivity index (χ0) is 19.4. The number of hydrogen-bond donors (Lipinski definition) is 0. The van der Waals surface area contributed by atoms with Crippen molar-refractivity contribution in [3.8, 4) is 11.5 Å². The van der Waals surface area contributed by atoms with E-state index in [2.05, 4.69) is 0 Å². The van der Waals surface area contributed by atoms with Crippen LogP contribution in [0, 0.1) is 0 Å². The Kier molecular flexibility index (Phi) is 3.67. The molecule has 0 spiro atoms. The summed E-state index contributed by atoms with van der Waals surface area (Å²) in [5, 5.41) is 0.490. The smallest absolute Gasteiger partial charge is 0.197 e. The summed E-state index contributed by atoms with van der Waals surface area (Å²) in [6.45, 7) is 1.94. The van der Waals surface area contributed by atoms with Gasteiger partial charge in [-0.25, -0.2) is 0 Å². The molecule has 0 N–H and O–H groups in total. The Morgan fingerprint density at radius 3 is 2.39 bits per heavy atom. The summed E-state index contributed by atoms with van der Waals surface area (Å²) in [4.78, 5) is 25.4. The molecule has 5 nitrogen and oxygen atoms in total. The zero-order valence-corrected chi connectivity index (χ0v) is 15.5. The molecular formula is C22H13ClO5. The highest BCUT2D eigenvalue weighted by atomic mass is 35.5. The molecule has 28 heavy (non-hydrogen) atoms. The number of rotatable bonds is 3. The molecule has 4 aromatic rings. The van der Waals surface area contributed by atoms with Crippen LogP contribution in [-0.2, 0) is 6.42 Å². The number of hydrogen-bond acceptors (Lipinski definition) is 5. The van der Waals surface area contributed by atoms with E-state index in [1.165, 1.54) is 6.08 Å². The fourth-order valence-corrected chi connectivity index (χ4v) is 3.69. The number of benzene rings is 1. The Bertz CT molecular complexity index is 1250. The monoisotopic (exact) mass is 392 g/mol. The van der Waals surface area contributed by atoms with Gasteiger partial charge in [-0.05, 0) is 42.3 Å². The van der Waals surface area contributed by atoms with Crippen LogP contribution in [0.2, 0.25) is 5.02 Å². The van der Waals surface area contributed by atoms with Crippen LogP contribution in [0.4, 0.5) is 0 Å². The van der Waals surface area contributed by atoms with Crippen LogP contribution < -0.4 is 0 Å². The van der Waals surface area contributed by atoms with Crippen LogP contribution in [0.5, 0.6) is 0 Å². The van der Waals surface area contributed by atoms with Gasteiger partial charge in [-0.2, -0.15) is 0 Å². The average Bonchev–Trinajstić information content (AvgIpc) is 3.43. The number of aryl methyl sites for hydroxylation is 1. The molecule has 3 aromatic heterocycles. The lowest BCUT2D eigenvalue weighted by Gasteiger charge is -2.03. The topological polar surface area (TPSA) is 73.6 Å². The molecule has 0 atom stereocenters. The molecule has 0 aliphatic heterocycles. The highest BCUT2D eigenvalue weighted by Crippen LogP contribution is 2.34. The van der Waals surface area contributed by atoms with Crippen LogP contribution in [0.1, 0.15) is 39.0 Å². The third kappa shape index (κ3) is 2.47. The summed E-state index contributed by atoms with van der Waals surface area (Å²) in [5.41, 5.74) is 2.61. The molecule has 138 valence electrons. The second-order valence-electron chi connectivity index (χ2n) is 6.52. The van der Waals surface area contributed by atoms with E-state index in [4.69, 9.17) is 24.9 Å². The second-order valence-corrected chi connectivity index (χ2v) is 6.93. The minimum atomic E-state index is -0.353. The molecule has 0 unspecified atom stereocenters. The lowest BCUT2D eigenvalue weighted by Crippen LogP contribution is -1.99. The Labute approximate surface area is 164 Å². The number of Topliss-reactive ketones (excluding diaryl/α,β-unsaturated/α-hetero) is 2. The molecule has 6 heteroatoms.